The molecule has 6 aliphatic carbocycles. The van der Waals surface area contributed by atoms with Gasteiger partial charge in [0.05, 0.1) is 0 Å². The second kappa shape index (κ2) is 31.6. The Morgan fingerprint density at radius 2 is 0.654 bits per heavy atom. The molecule has 6 aliphatic rings. The highest BCUT2D eigenvalue weighted by molar-refractivity contribution is 5.32. The first-order valence-electron chi connectivity index (χ1n) is 30.7. The Labute approximate surface area is 462 Å². The van der Waals surface area contributed by atoms with Gasteiger partial charge < -0.3 is 14.2 Å². The highest BCUT2D eigenvalue weighted by Crippen LogP contribution is 2.45. The number of alkyl halides is 6. The van der Waals surface area contributed by atoms with Crippen LogP contribution in [-0.4, -0.2) is 19.8 Å². The lowest BCUT2D eigenvalue weighted by atomic mass is 9.69. The summed E-state index contributed by atoms with van der Waals surface area (Å²) in [6.07, 6.45) is 38.3. The van der Waals surface area contributed by atoms with E-state index in [-0.39, 0.29) is 11.5 Å². The molecule has 6 saturated carbocycles. The van der Waals surface area contributed by atoms with Crippen molar-refractivity contribution >= 4 is 0 Å². The summed E-state index contributed by atoms with van der Waals surface area (Å²) in [5.41, 5.74) is 2.60. The predicted molar refractivity (Wildman–Crippen MR) is 294 cm³/mol. The first-order chi connectivity index (χ1) is 37.5. The van der Waals surface area contributed by atoms with Gasteiger partial charge in [-0.1, -0.05) is 116 Å². The van der Waals surface area contributed by atoms with Crippen LogP contribution >= 0.6 is 0 Å². The second-order valence-corrected chi connectivity index (χ2v) is 25.5. The van der Waals surface area contributed by atoms with Crippen molar-refractivity contribution in [1.29, 1.82) is 0 Å². The molecule has 0 heterocycles. The Morgan fingerprint density at radius 1 is 0.346 bits per heavy atom. The molecule has 3 aromatic rings. The number of aryl methyl sites for hydroxylation is 3. The predicted octanol–water partition coefficient (Wildman–Crippen LogP) is 21.0. The summed E-state index contributed by atoms with van der Waals surface area (Å²) in [5.74, 6) is 6.59. The standard InChI is InChI=1S/C22H30F4O.C22H31F3O.C22H32F2O/c1-14-2-8-17(9-3-14)18-10-6-15(7-11-18)4-5-16-12-19(23)21(20(24)13-16)27-22(25)26;1-15-2-9-18(10-3-15)19-11-6-16(7-12-19)4-5-17-8-13-21(20(23)14-17)26-22(24)25;1-16-2-10-19(11-3-16)20-12-6-17(7-13-20)4-5-18-8-14-21(15-9-18)25-22(23)24/h12-15,17-18,22H,2-11H2,1H3;8,13-16,18-19,22H,2-7,9-12H2,1H3;8-9,14-17,19-20,22H,2-7,10-13H2,1H3. The van der Waals surface area contributed by atoms with Gasteiger partial charge in [0.1, 0.15) is 5.75 Å². The molecule has 0 atom stereocenters. The SMILES string of the molecule is CC1CCC(C2CCC(CCc3cc(F)c(OC(F)F)c(F)c3)CC2)CC1.CC1CCC(C2CCC(CCc3ccc(OC(F)F)c(F)c3)CC2)CC1.CC1CCC(C2CCC(CCc3ccc(OC(F)F)cc3)CC2)CC1. The van der Waals surface area contributed by atoms with Crippen molar-refractivity contribution in [2.45, 2.75) is 233 Å². The van der Waals surface area contributed by atoms with Crippen LogP contribution in [0.2, 0.25) is 0 Å². The molecule has 3 aromatic carbocycles. The maximum atomic E-state index is 13.8. The van der Waals surface area contributed by atoms with E-state index in [1.165, 1.54) is 178 Å². The summed E-state index contributed by atoms with van der Waals surface area (Å²) in [7, 11) is 0. The zero-order valence-electron chi connectivity index (χ0n) is 47.2. The fourth-order valence-electron chi connectivity index (χ4n) is 14.9. The molecular weight excluding hydrogens is 1010 g/mol. The van der Waals surface area contributed by atoms with E-state index in [1.54, 1.807) is 18.2 Å². The van der Waals surface area contributed by atoms with Crippen LogP contribution in [0.5, 0.6) is 17.2 Å². The van der Waals surface area contributed by atoms with Gasteiger partial charge in [0.2, 0.25) is 0 Å². The van der Waals surface area contributed by atoms with Crippen molar-refractivity contribution in [3.63, 3.8) is 0 Å². The summed E-state index contributed by atoms with van der Waals surface area (Å²) in [4.78, 5) is 0. The zero-order chi connectivity index (χ0) is 55.6. The summed E-state index contributed by atoms with van der Waals surface area (Å²) < 4.78 is 127. The van der Waals surface area contributed by atoms with Gasteiger partial charge in [-0.05, 0) is 240 Å². The normalized spacial score (nSPS) is 29.7. The Kier molecular flexibility index (Phi) is 25.1. The van der Waals surface area contributed by atoms with Crippen LogP contribution < -0.4 is 14.2 Å². The minimum absolute atomic E-state index is 0.251. The number of hydrogen-bond acceptors (Lipinski definition) is 3. The van der Waals surface area contributed by atoms with Crippen molar-refractivity contribution in [1.82, 2.24) is 0 Å². The molecule has 0 amide bonds. The molecule has 3 nitrogen and oxygen atoms in total. The Bertz CT molecular complexity index is 2120. The quantitative estimate of drug-likeness (QED) is 0.119. The number of rotatable bonds is 18. The average molecular weight is 1110 g/mol. The molecule has 0 aliphatic heterocycles. The molecule has 12 heteroatoms. The summed E-state index contributed by atoms with van der Waals surface area (Å²) in [6.45, 7) is -1.83. The molecule has 0 bridgehead atoms. The van der Waals surface area contributed by atoms with Crippen molar-refractivity contribution in [2.75, 3.05) is 0 Å². The molecule has 0 spiro atoms. The molecule has 0 aromatic heterocycles. The maximum absolute atomic E-state index is 13.8. The lowest BCUT2D eigenvalue weighted by Crippen LogP contribution is -2.25. The van der Waals surface area contributed by atoms with Crippen LogP contribution in [0.1, 0.15) is 211 Å². The van der Waals surface area contributed by atoms with Crippen LogP contribution in [0.15, 0.2) is 54.6 Å². The van der Waals surface area contributed by atoms with Gasteiger partial charge in [-0.25, -0.2) is 13.2 Å². The van der Waals surface area contributed by atoms with Gasteiger partial charge >= 0.3 is 19.8 Å². The Morgan fingerprint density at radius 3 is 1.00 bits per heavy atom. The molecule has 9 rings (SSSR count). The van der Waals surface area contributed by atoms with Gasteiger partial charge in [-0.3, -0.25) is 0 Å². The van der Waals surface area contributed by atoms with Crippen molar-refractivity contribution < 1.29 is 53.7 Å². The molecule has 78 heavy (non-hydrogen) atoms. The first-order valence-corrected chi connectivity index (χ1v) is 30.7. The van der Waals surface area contributed by atoms with Gasteiger partial charge in [0.25, 0.3) is 0 Å². The Balaban J connectivity index is 0.000000170. The number of ether oxygens (including phenoxy) is 3. The molecule has 0 N–H and O–H groups in total. The van der Waals surface area contributed by atoms with Gasteiger partial charge in [-0.15, -0.1) is 0 Å². The smallest absolute Gasteiger partial charge is 0.387 e. The van der Waals surface area contributed by atoms with E-state index in [1.807, 2.05) is 12.1 Å². The molecule has 0 unspecified atom stereocenters. The third kappa shape index (κ3) is 20.4. The highest BCUT2D eigenvalue weighted by atomic mass is 19.3. The van der Waals surface area contributed by atoms with E-state index in [9.17, 15) is 39.5 Å². The van der Waals surface area contributed by atoms with Crippen LogP contribution in [0.25, 0.3) is 0 Å². The van der Waals surface area contributed by atoms with E-state index >= 15 is 0 Å². The average Bonchev–Trinajstić information content (AvgIpc) is 3.42. The lowest BCUT2D eigenvalue weighted by Gasteiger charge is -2.37. The third-order valence-corrected chi connectivity index (χ3v) is 20.0. The van der Waals surface area contributed by atoms with E-state index in [0.717, 1.165) is 103 Å². The van der Waals surface area contributed by atoms with Crippen molar-refractivity contribution in [2.24, 2.45) is 71.0 Å². The third-order valence-electron chi connectivity index (χ3n) is 20.0. The molecule has 6 fully saturated rings. The van der Waals surface area contributed by atoms with E-state index in [2.05, 4.69) is 35.0 Å². The number of hydrogen-bond donors (Lipinski definition) is 0. The monoisotopic (exact) mass is 1100 g/mol. The fraction of sp³-hybridized carbons (Fsp3) is 0.727. The molecular formula is C66H93F9O3. The zero-order valence-corrected chi connectivity index (χ0v) is 47.2. The van der Waals surface area contributed by atoms with Crippen molar-refractivity contribution in [3.05, 3.63) is 88.7 Å². The largest absolute Gasteiger partial charge is 0.435 e. The lowest BCUT2D eigenvalue weighted by molar-refractivity contribution is -0.0548. The topological polar surface area (TPSA) is 27.7 Å². The van der Waals surface area contributed by atoms with Gasteiger partial charge in [-0.2, -0.15) is 26.3 Å². The number of benzene rings is 3. The van der Waals surface area contributed by atoms with Crippen molar-refractivity contribution in [3.8, 4) is 17.2 Å². The minimum atomic E-state index is -3.23. The molecule has 0 radical (unpaired) electrons. The van der Waals surface area contributed by atoms with Crippen LogP contribution in [-0.2, 0) is 19.3 Å². The van der Waals surface area contributed by atoms with E-state index < -0.39 is 43.0 Å². The number of halogens is 9. The van der Waals surface area contributed by atoms with Gasteiger partial charge in [0, 0.05) is 0 Å². The van der Waals surface area contributed by atoms with Crippen LogP contribution in [0.4, 0.5) is 39.5 Å². The van der Waals surface area contributed by atoms with Crippen LogP contribution in [0, 0.1) is 88.5 Å². The summed E-state index contributed by atoms with van der Waals surface area (Å²) >= 11 is 0. The summed E-state index contributed by atoms with van der Waals surface area (Å²) in [6, 6.07) is 13.8. The molecule has 0 saturated heterocycles. The second-order valence-electron chi connectivity index (χ2n) is 25.5. The fourth-order valence-corrected chi connectivity index (χ4v) is 14.9. The van der Waals surface area contributed by atoms with E-state index in [4.69, 9.17) is 0 Å². The summed E-state index contributed by atoms with van der Waals surface area (Å²) in [5, 5.41) is 0. The first kappa shape index (κ1) is 62.0. The molecule has 438 valence electrons. The van der Waals surface area contributed by atoms with Gasteiger partial charge in [0.15, 0.2) is 29.0 Å². The maximum Gasteiger partial charge on any atom is 0.387 e. The van der Waals surface area contributed by atoms with E-state index in [0.29, 0.717) is 23.8 Å². The minimum Gasteiger partial charge on any atom is -0.435 e. The highest BCUT2D eigenvalue weighted by Gasteiger charge is 2.33. The Hall–Kier alpha value is -3.57. The van der Waals surface area contributed by atoms with Crippen LogP contribution in [0.3, 0.4) is 0 Å².